The van der Waals surface area contributed by atoms with Gasteiger partial charge >= 0.3 is 5.97 Å². The monoisotopic (exact) mass is 398 g/mol. The second-order valence-corrected chi connectivity index (χ2v) is 5.87. The quantitative estimate of drug-likeness (QED) is 0.462. The number of primary amides is 1. The van der Waals surface area contributed by atoms with Crippen molar-refractivity contribution in [1.29, 1.82) is 0 Å². The van der Waals surface area contributed by atoms with E-state index in [0.717, 1.165) is 5.56 Å². The molecule has 2 aromatic rings. The van der Waals surface area contributed by atoms with E-state index < -0.39 is 17.8 Å². The van der Waals surface area contributed by atoms with Gasteiger partial charge < -0.3 is 25.3 Å². The lowest BCUT2D eigenvalue weighted by Crippen LogP contribution is -2.28. The van der Waals surface area contributed by atoms with Crippen LogP contribution in [0.4, 0.5) is 0 Å². The molecule has 3 N–H and O–H groups in total. The van der Waals surface area contributed by atoms with Crippen LogP contribution in [0.5, 0.6) is 11.5 Å². The second kappa shape index (κ2) is 11.1. The lowest BCUT2D eigenvalue weighted by Gasteiger charge is -2.10. The van der Waals surface area contributed by atoms with Crippen LogP contribution < -0.4 is 20.5 Å². The molecule has 2 aromatic carbocycles. The minimum absolute atomic E-state index is 0.274. The van der Waals surface area contributed by atoms with E-state index in [4.69, 9.17) is 19.9 Å². The minimum atomic E-state index is -0.659. The third-order valence-electron chi connectivity index (χ3n) is 3.65. The third-order valence-corrected chi connectivity index (χ3v) is 3.65. The van der Waals surface area contributed by atoms with Gasteiger partial charge in [-0.3, -0.25) is 9.59 Å². The standard InChI is InChI=1S/C21H22N2O6/c1-27-18-11-15(7-9-17(18)28-13-19(22)24)8-10-21(26)29-14-20(25)23-12-16-5-3-2-4-6-16/h2-11H,12-14H2,1H3,(H2,22,24)(H,23,25)/b10-8+. The number of esters is 1. The number of hydrogen-bond donors (Lipinski definition) is 2. The van der Waals surface area contributed by atoms with Crippen LogP contribution in [-0.2, 0) is 25.7 Å². The highest BCUT2D eigenvalue weighted by Crippen LogP contribution is 2.28. The number of ether oxygens (including phenoxy) is 3. The summed E-state index contributed by atoms with van der Waals surface area (Å²) in [6, 6.07) is 14.3. The van der Waals surface area contributed by atoms with E-state index in [9.17, 15) is 14.4 Å². The summed E-state index contributed by atoms with van der Waals surface area (Å²) in [5.74, 6) is -0.934. The Kier molecular flexibility index (Phi) is 8.25. The van der Waals surface area contributed by atoms with Crippen molar-refractivity contribution < 1.29 is 28.6 Å². The van der Waals surface area contributed by atoms with Crippen LogP contribution in [0.3, 0.4) is 0 Å². The molecule has 0 aliphatic heterocycles. The Bertz CT molecular complexity index is 880. The number of carbonyl (C=O) groups is 3. The fraction of sp³-hybridized carbons (Fsp3) is 0.190. The van der Waals surface area contributed by atoms with Crippen LogP contribution in [0.1, 0.15) is 11.1 Å². The molecule has 2 amide bonds. The van der Waals surface area contributed by atoms with Crippen LogP contribution in [-0.4, -0.2) is 38.1 Å². The van der Waals surface area contributed by atoms with Crippen molar-refractivity contribution in [3.05, 3.63) is 65.7 Å². The maximum Gasteiger partial charge on any atom is 0.331 e. The fourth-order valence-corrected chi connectivity index (χ4v) is 2.25. The van der Waals surface area contributed by atoms with E-state index >= 15 is 0 Å². The summed E-state index contributed by atoms with van der Waals surface area (Å²) < 4.78 is 15.3. The largest absolute Gasteiger partial charge is 0.493 e. The molecule has 8 heteroatoms. The molecule has 29 heavy (non-hydrogen) atoms. The Hall–Kier alpha value is -3.81. The smallest absolute Gasteiger partial charge is 0.331 e. The first-order valence-electron chi connectivity index (χ1n) is 8.72. The molecule has 0 unspecified atom stereocenters. The van der Waals surface area contributed by atoms with Gasteiger partial charge in [0.1, 0.15) is 0 Å². The molecular formula is C21H22N2O6. The van der Waals surface area contributed by atoms with Crippen LogP contribution in [0.25, 0.3) is 6.08 Å². The molecule has 0 aliphatic carbocycles. The Morgan fingerprint density at radius 1 is 1.03 bits per heavy atom. The van der Waals surface area contributed by atoms with Gasteiger partial charge in [-0.15, -0.1) is 0 Å². The van der Waals surface area contributed by atoms with Crippen molar-refractivity contribution in [2.75, 3.05) is 20.3 Å². The van der Waals surface area contributed by atoms with Crippen LogP contribution in [0.2, 0.25) is 0 Å². The van der Waals surface area contributed by atoms with Crippen molar-refractivity contribution >= 4 is 23.9 Å². The molecule has 0 atom stereocenters. The number of benzene rings is 2. The summed E-state index contributed by atoms with van der Waals surface area (Å²) in [7, 11) is 1.45. The van der Waals surface area contributed by atoms with Gasteiger partial charge in [-0.05, 0) is 29.3 Å². The summed E-state index contributed by atoms with van der Waals surface area (Å²) in [4.78, 5) is 34.4. The normalized spacial score (nSPS) is 10.4. The first-order chi connectivity index (χ1) is 14.0. The molecule has 0 bridgehead atoms. The highest BCUT2D eigenvalue weighted by molar-refractivity contribution is 5.89. The fourth-order valence-electron chi connectivity index (χ4n) is 2.25. The molecule has 0 fully saturated rings. The third kappa shape index (κ3) is 7.76. The second-order valence-electron chi connectivity index (χ2n) is 5.87. The number of nitrogens with one attached hydrogen (secondary N) is 1. The number of rotatable bonds is 10. The highest BCUT2D eigenvalue weighted by Gasteiger charge is 2.08. The van der Waals surface area contributed by atoms with Crippen LogP contribution in [0.15, 0.2) is 54.6 Å². The molecule has 0 aliphatic rings. The van der Waals surface area contributed by atoms with Gasteiger partial charge in [0.05, 0.1) is 7.11 Å². The van der Waals surface area contributed by atoms with E-state index in [1.165, 1.54) is 19.3 Å². The Labute approximate surface area is 168 Å². The summed E-state index contributed by atoms with van der Waals surface area (Å²) >= 11 is 0. The minimum Gasteiger partial charge on any atom is -0.493 e. The van der Waals surface area contributed by atoms with Gasteiger partial charge in [-0.25, -0.2) is 4.79 Å². The summed E-state index contributed by atoms with van der Waals surface area (Å²) in [6.07, 6.45) is 2.70. The first kappa shape index (κ1) is 21.5. The number of carbonyl (C=O) groups excluding carboxylic acids is 3. The van der Waals surface area contributed by atoms with Crippen molar-refractivity contribution in [1.82, 2.24) is 5.32 Å². The average Bonchev–Trinajstić information content (AvgIpc) is 2.74. The predicted octanol–water partition coefficient (Wildman–Crippen LogP) is 1.43. The zero-order chi connectivity index (χ0) is 21.1. The van der Waals surface area contributed by atoms with E-state index in [1.54, 1.807) is 18.2 Å². The molecule has 0 saturated heterocycles. The lowest BCUT2D eigenvalue weighted by atomic mass is 10.2. The number of methoxy groups -OCH3 is 1. The van der Waals surface area contributed by atoms with E-state index in [-0.39, 0.29) is 13.2 Å². The summed E-state index contributed by atoms with van der Waals surface area (Å²) in [5, 5.41) is 2.67. The van der Waals surface area contributed by atoms with Gasteiger partial charge in [0.15, 0.2) is 24.7 Å². The SMILES string of the molecule is COc1cc(/C=C/C(=O)OCC(=O)NCc2ccccc2)ccc1OCC(N)=O. The Morgan fingerprint density at radius 2 is 1.79 bits per heavy atom. The Balaban J connectivity index is 1.81. The summed E-state index contributed by atoms with van der Waals surface area (Å²) in [6.45, 7) is -0.291. The molecule has 152 valence electrons. The number of amides is 2. The van der Waals surface area contributed by atoms with Gasteiger partial charge in [-0.1, -0.05) is 36.4 Å². The lowest BCUT2D eigenvalue weighted by molar-refractivity contribution is -0.143. The van der Waals surface area contributed by atoms with Crippen molar-refractivity contribution in [3.63, 3.8) is 0 Å². The van der Waals surface area contributed by atoms with E-state index in [2.05, 4.69) is 5.32 Å². The summed E-state index contributed by atoms with van der Waals surface area (Å²) in [5.41, 5.74) is 6.63. The van der Waals surface area contributed by atoms with Gasteiger partial charge in [0, 0.05) is 12.6 Å². The maximum absolute atomic E-state index is 11.8. The molecule has 8 nitrogen and oxygen atoms in total. The van der Waals surface area contributed by atoms with Crippen molar-refractivity contribution in [3.8, 4) is 11.5 Å². The zero-order valence-corrected chi connectivity index (χ0v) is 15.9. The first-order valence-corrected chi connectivity index (χ1v) is 8.72. The predicted molar refractivity (Wildman–Crippen MR) is 106 cm³/mol. The van der Waals surface area contributed by atoms with Crippen LogP contribution >= 0.6 is 0 Å². The zero-order valence-electron chi connectivity index (χ0n) is 15.9. The van der Waals surface area contributed by atoms with Gasteiger partial charge in [0.2, 0.25) is 0 Å². The van der Waals surface area contributed by atoms with E-state index in [1.807, 2.05) is 30.3 Å². The molecule has 0 spiro atoms. The maximum atomic E-state index is 11.8. The molecule has 0 saturated carbocycles. The van der Waals surface area contributed by atoms with Crippen molar-refractivity contribution in [2.45, 2.75) is 6.54 Å². The molecule has 0 radical (unpaired) electrons. The average molecular weight is 398 g/mol. The molecular weight excluding hydrogens is 376 g/mol. The topological polar surface area (TPSA) is 117 Å². The highest BCUT2D eigenvalue weighted by atomic mass is 16.5. The molecule has 0 heterocycles. The Morgan fingerprint density at radius 3 is 2.48 bits per heavy atom. The van der Waals surface area contributed by atoms with Gasteiger partial charge in [-0.2, -0.15) is 0 Å². The molecule has 0 aromatic heterocycles. The van der Waals surface area contributed by atoms with E-state index in [0.29, 0.717) is 23.6 Å². The number of nitrogens with two attached hydrogens (primary N) is 1. The van der Waals surface area contributed by atoms with Gasteiger partial charge in [0.25, 0.3) is 11.8 Å². The molecule has 2 rings (SSSR count). The van der Waals surface area contributed by atoms with Crippen LogP contribution in [0, 0.1) is 0 Å². The van der Waals surface area contributed by atoms with Crippen molar-refractivity contribution in [2.24, 2.45) is 5.73 Å². The number of hydrogen-bond acceptors (Lipinski definition) is 6.